The topological polar surface area (TPSA) is 22.4 Å². The van der Waals surface area contributed by atoms with E-state index in [0.29, 0.717) is 0 Å². The van der Waals surface area contributed by atoms with Crippen LogP contribution < -0.4 is 0 Å². The van der Waals surface area contributed by atoms with Crippen LogP contribution in [0.4, 0.5) is 0 Å². The lowest BCUT2D eigenvalue weighted by atomic mass is 9.88. The van der Waals surface area contributed by atoms with Gasteiger partial charge in [0.05, 0.1) is 12.5 Å². The first-order valence-electron chi connectivity index (χ1n) is 6.96. The number of fused-ring (bicyclic) bond motifs is 1. The van der Waals surface area contributed by atoms with Crippen molar-refractivity contribution < 1.29 is 9.15 Å². The molecule has 1 aliphatic carbocycles. The van der Waals surface area contributed by atoms with Crippen molar-refractivity contribution in [2.24, 2.45) is 0 Å². The van der Waals surface area contributed by atoms with E-state index in [9.17, 15) is 0 Å². The van der Waals surface area contributed by atoms with Crippen molar-refractivity contribution in [1.29, 1.82) is 0 Å². The molecule has 20 heavy (non-hydrogen) atoms. The molecule has 0 saturated heterocycles. The second-order valence-corrected chi connectivity index (χ2v) is 5.63. The molecule has 1 aromatic heterocycles. The molecule has 1 atom stereocenters. The van der Waals surface area contributed by atoms with E-state index in [1.54, 1.807) is 6.26 Å². The molecule has 2 heteroatoms. The van der Waals surface area contributed by atoms with Crippen LogP contribution in [0.5, 0.6) is 0 Å². The van der Waals surface area contributed by atoms with Gasteiger partial charge in [-0.2, -0.15) is 0 Å². The Morgan fingerprint density at radius 3 is 2.85 bits per heavy atom. The molecule has 1 aromatic carbocycles. The van der Waals surface area contributed by atoms with Gasteiger partial charge in [-0.25, -0.2) is 0 Å². The Morgan fingerprint density at radius 2 is 2.10 bits per heavy atom. The van der Waals surface area contributed by atoms with E-state index >= 15 is 0 Å². The number of rotatable bonds is 2. The van der Waals surface area contributed by atoms with Crippen LogP contribution in [0, 0.1) is 0 Å². The number of allylic oxidation sites excluding steroid dienone is 1. The minimum absolute atomic E-state index is 0.236. The van der Waals surface area contributed by atoms with E-state index in [2.05, 4.69) is 37.3 Å². The molecule has 0 amide bonds. The van der Waals surface area contributed by atoms with Crippen LogP contribution in [0.15, 0.2) is 53.4 Å². The summed E-state index contributed by atoms with van der Waals surface area (Å²) in [5.74, 6) is 0.961. The summed E-state index contributed by atoms with van der Waals surface area (Å²) >= 11 is 0. The molecule has 2 nitrogen and oxygen atoms in total. The lowest BCUT2D eigenvalue weighted by Crippen LogP contribution is -2.21. The molecule has 2 aliphatic rings. The molecule has 1 aliphatic heterocycles. The fourth-order valence-corrected chi connectivity index (χ4v) is 3.14. The van der Waals surface area contributed by atoms with E-state index in [1.165, 1.54) is 22.3 Å². The monoisotopic (exact) mass is 264 g/mol. The third-order valence-corrected chi connectivity index (χ3v) is 4.24. The Balaban J connectivity index is 1.80. The zero-order valence-corrected chi connectivity index (χ0v) is 11.4. The molecule has 2 aromatic rings. The van der Waals surface area contributed by atoms with Crippen molar-refractivity contribution in [3.8, 4) is 0 Å². The Morgan fingerprint density at radius 1 is 1.15 bits per heavy atom. The van der Waals surface area contributed by atoms with E-state index in [4.69, 9.17) is 9.15 Å². The number of furan rings is 1. The fraction of sp³-hybridized carbons (Fsp3) is 0.222. The van der Waals surface area contributed by atoms with Crippen molar-refractivity contribution in [2.75, 3.05) is 0 Å². The van der Waals surface area contributed by atoms with Crippen molar-refractivity contribution >= 4 is 11.6 Å². The first-order valence-corrected chi connectivity index (χ1v) is 6.96. The van der Waals surface area contributed by atoms with Crippen LogP contribution in [-0.2, 0) is 16.8 Å². The number of hydrogen-bond acceptors (Lipinski definition) is 2. The van der Waals surface area contributed by atoms with Gasteiger partial charge in [-0.05, 0) is 47.9 Å². The zero-order valence-electron chi connectivity index (χ0n) is 11.4. The van der Waals surface area contributed by atoms with Crippen molar-refractivity contribution in [3.63, 3.8) is 0 Å². The van der Waals surface area contributed by atoms with Gasteiger partial charge < -0.3 is 9.15 Å². The zero-order chi connectivity index (χ0) is 13.6. The Bertz CT molecular complexity index is 697. The quantitative estimate of drug-likeness (QED) is 0.795. The predicted octanol–water partition coefficient (Wildman–Crippen LogP) is 4.53. The number of ether oxygens (including phenoxy) is 1. The van der Waals surface area contributed by atoms with E-state index < -0.39 is 0 Å². The SMILES string of the molecule is CC1(c2cccc3c2C=C(c2ccco2)C3)CC=CO1. The Hall–Kier alpha value is -2.22. The Kier molecular flexibility index (Phi) is 2.40. The van der Waals surface area contributed by atoms with Crippen LogP contribution in [0.2, 0.25) is 0 Å². The van der Waals surface area contributed by atoms with E-state index in [-0.39, 0.29) is 5.60 Å². The normalized spacial score (nSPS) is 23.6. The second kappa shape index (κ2) is 4.14. The van der Waals surface area contributed by atoms with Gasteiger partial charge in [-0.1, -0.05) is 18.2 Å². The van der Waals surface area contributed by atoms with Crippen molar-refractivity contribution in [2.45, 2.75) is 25.4 Å². The summed E-state index contributed by atoms with van der Waals surface area (Å²) in [7, 11) is 0. The van der Waals surface area contributed by atoms with Crippen LogP contribution in [-0.4, -0.2) is 0 Å². The molecule has 0 saturated carbocycles. The van der Waals surface area contributed by atoms with E-state index in [1.807, 2.05) is 18.4 Å². The highest BCUT2D eigenvalue weighted by Crippen LogP contribution is 2.41. The smallest absolute Gasteiger partial charge is 0.134 e. The summed E-state index contributed by atoms with van der Waals surface area (Å²) < 4.78 is 11.4. The third-order valence-electron chi connectivity index (χ3n) is 4.24. The largest absolute Gasteiger partial charge is 0.490 e. The molecule has 0 N–H and O–H groups in total. The molecule has 2 heterocycles. The van der Waals surface area contributed by atoms with Gasteiger partial charge in [0.2, 0.25) is 0 Å². The molecular formula is C18H16O2. The fourth-order valence-electron chi connectivity index (χ4n) is 3.14. The van der Waals surface area contributed by atoms with Gasteiger partial charge >= 0.3 is 0 Å². The highest BCUT2D eigenvalue weighted by atomic mass is 16.5. The molecule has 0 fully saturated rings. The van der Waals surface area contributed by atoms with Crippen LogP contribution in [0.25, 0.3) is 11.6 Å². The van der Waals surface area contributed by atoms with Gasteiger partial charge in [0.15, 0.2) is 0 Å². The first-order chi connectivity index (χ1) is 9.76. The first kappa shape index (κ1) is 11.6. The molecule has 100 valence electrons. The summed E-state index contributed by atoms with van der Waals surface area (Å²) in [6.45, 7) is 2.15. The molecule has 0 radical (unpaired) electrons. The minimum Gasteiger partial charge on any atom is -0.490 e. The third kappa shape index (κ3) is 1.64. The maximum atomic E-state index is 5.84. The molecule has 1 unspecified atom stereocenters. The summed E-state index contributed by atoms with van der Waals surface area (Å²) in [4.78, 5) is 0. The summed E-state index contributed by atoms with van der Waals surface area (Å²) in [6, 6.07) is 10.4. The highest BCUT2D eigenvalue weighted by Gasteiger charge is 2.33. The molecular weight excluding hydrogens is 248 g/mol. The average molecular weight is 264 g/mol. The number of hydrogen-bond donors (Lipinski definition) is 0. The lowest BCUT2D eigenvalue weighted by Gasteiger charge is -2.26. The molecule has 0 bridgehead atoms. The van der Waals surface area contributed by atoms with Gasteiger partial charge in [0.1, 0.15) is 11.4 Å². The van der Waals surface area contributed by atoms with Gasteiger partial charge in [-0.15, -0.1) is 0 Å². The maximum Gasteiger partial charge on any atom is 0.134 e. The lowest BCUT2D eigenvalue weighted by molar-refractivity contribution is 0.0607. The molecule has 0 spiro atoms. The van der Waals surface area contributed by atoms with Crippen molar-refractivity contribution in [1.82, 2.24) is 0 Å². The van der Waals surface area contributed by atoms with E-state index in [0.717, 1.165) is 18.6 Å². The summed E-state index contributed by atoms with van der Waals surface area (Å²) in [5.41, 5.74) is 4.92. The molecule has 4 rings (SSSR count). The van der Waals surface area contributed by atoms with Crippen LogP contribution in [0.1, 0.15) is 35.8 Å². The number of benzene rings is 1. The van der Waals surface area contributed by atoms with Gasteiger partial charge in [0, 0.05) is 18.4 Å². The minimum atomic E-state index is -0.236. The summed E-state index contributed by atoms with van der Waals surface area (Å²) in [5, 5.41) is 0. The standard InChI is InChI=1S/C18H16O2/c1-18(8-4-10-20-18)16-6-2-5-13-11-14(12-15(13)16)17-7-3-9-19-17/h2-7,9-10,12H,8,11H2,1H3. The van der Waals surface area contributed by atoms with Crippen LogP contribution in [0.3, 0.4) is 0 Å². The highest BCUT2D eigenvalue weighted by molar-refractivity contribution is 5.88. The van der Waals surface area contributed by atoms with Crippen LogP contribution >= 0.6 is 0 Å². The predicted molar refractivity (Wildman–Crippen MR) is 78.9 cm³/mol. The summed E-state index contributed by atoms with van der Waals surface area (Å²) in [6.07, 6.45) is 9.73. The Labute approximate surface area is 118 Å². The maximum absolute atomic E-state index is 5.84. The van der Waals surface area contributed by atoms with Crippen molar-refractivity contribution in [3.05, 3.63) is 71.4 Å². The van der Waals surface area contributed by atoms with Gasteiger partial charge in [0.25, 0.3) is 0 Å². The van der Waals surface area contributed by atoms with Gasteiger partial charge in [-0.3, -0.25) is 0 Å². The second-order valence-electron chi connectivity index (χ2n) is 5.63. The average Bonchev–Trinajstić information content (AvgIpc) is 3.18.